The van der Waals surface area contributed by atoms with Gasteiger partial charge in [0, 0.05) is 31.6 Å². The highest BCUT2D eigenvalue weighted by Gasteiger charge is 2.16. The van der Waals surface area contributed by atoms with Gasteiger partial charge in [-0.15, -0.1) is 0 Å². The van der Waals surface area contributed by atoms with Gasteiger partial charge in [0.25, 0.3) is 0 Å². The Bertz CT molecular complexity index is 349. The Balaban J connectivity index is 2.11. The van der Waals surface area contributed by atoms with Crippen LogP contribution in [0.5, 0.6) is 0 Å². The van der Waals surface area contributed by atoms with Crippen LogP contribution in [0.2, 0.25) is 0 Å². The van der Waals surface area contributed by atoms with Gasteiger partial charge in [-0.2, -0.15) is 0 Å². The van der Waals surface area contributed by atoms with E-state index >= 15 is 0 Å². The molecule has 1 saturated heterocycles. The lowest BCUT2D eigenvalue weighted by atomic mass is 10.1. The van der Waals surface area contributed by atoms with Crippen LogP contribution in [0.25, 0.3) is 0 Å². The molecule has 15 heavy (non-hydrogen) atoms. The number of hydrogen-bond donors (Lipinski definition) is 0. The van der Waals surface area contributed by atoms with Gasteiger partial charge in [-0.25, -0.2) is 0 Å². The minimum absolute atomic E-state index is 0.401. The normalized spacial score (nSPS) is 16.9. The minimum atomic E-state index is 0.401. The SMILES string of the molecule is CCc1cccc(N2CCC(=O)CC2)c1. The summed E-state index contributed by atoms with van der Waals surface area (Å²) in [4.78, 5) is 13.4. The van der Waals surface area contributed by atoms with Crippen LogP contribution in [-0.4, -0.2) is 18.9 Å². The van der Waals surface area contributed by atoms with Crippen molar-refractivity contribution >= 4 is 11.5 Å². The smallest absolute Gasteiger partial charge is 0.136 e. The molecule has 1 fully saturated rings. The summed E-state index contributed by atoms with van der Waals surface area (Å²) in [6, 6.07) is 8.62. The number of rotatable bonds is 2. The number of aryl methyl sites for hydroxylation is 1. The van der Waals surface area contributed by atoms with Gasteiger partial charge in [-0.3, -0.25) is 4.79 Å². The van der Waals surface area contributed by atoms with E-state index < -0.39 is 0 Å². The highest BCUT2D eigenvalue weighted by atomic mass is 16.1. The van der Waals surface area contributed by atoms with Crippen molar-refractivity contribution in [3.05, 3.63) is 29.8 Å². The second-order valence-electron chi connectivity index (χ2n) is 4.05. The Labute approximate surface area is 90.9 Å². The number of nitrogens with zero attached hydrogens (tertiary/aromatic N) is 1. The van der Waals surface area contributed by atoms with Crippen LogP contribution in [0.15, 0.2) is 24.3 Å². The van der Waals surface area contributed by atoms with E-state index in [9.17, 15) is 4.79 Å². The maximum atomic E-state index is 11.1. The zero-order valence-electron chi connectivity index (χ0n) is 9.20. The fourth-order valence-electron chi connectivity index (χ4n) is 1.99. The van der Waals surface area contributed by atoms with E-state index in [0.717, 1.165) is 19.5 Å². The van der Waals surface area contributed by atoms with Crippen LogP contribution in [0.4, 0.5) is 5.69 Å². The molecule has 0 aromatic heterocycles. The van der Waals surface area contributed by atoms with Gasteiger partial charge >= 0.3 is 0 Å². The largest absolute Gasteiger partial charge is 0.371 e. The van der Waals surface area contributed by atoms with Gasteiger partial charge < -0.3 is 4.90 Å². The highest BCUT2D eigenvalue weighted by Crippen LogP contribution is 2.19. The third-order valence-corrected chi connectivity index (χ3v) is 3.01. The molecule has 0 aliphatic carbocycles. The van der Waals surface area contributed by atoms with Gasteiger partial charge in [0.05, 0.1) is 0 Å². The second-order valence-corrected chi connectivity index (χ2v) is 4.05. The number of hydrogen-bond acceptors (Lipinski definition) is 2. The zero-order chi connectivity index (χ0) is 10.7. The molecule has 0 atom stereocenters. The van der Waals surface area contributed by atoms with Crippen molar-refractivity contribution in [3.8, 4) is 0 Å². The lowest BCUT2D eigenvalue weighted by molar-refractivity contribution is -0.119. The summed E-state index contributed by atoms with van der Waals surface area (Å²) in [7, 11) is 0. The van der Waals surface area contributed by atoms with Crippen molar-refractivity contribution in [1.29, 1.82) is 0 Å². The monoisotopic (exact) mass is 203 g/mol. The van der Waals surface area contributed by atoms with E-state index in [4.69, 9.17) is 0 Å². The summed E-state index contributed by atoms with van der Waals surface area (Å²) in [5.74, 6) is 0.401. The predicted molar refractivity (Wildman–Crippen MR) is 62.3 cm³/mol. The fraction of sp³-hybridized carbons (Fsp3) is 0.462. The van der Waals surface area contributed by atoms with Crippen molar-refractivity contribution in [1.82, 2.24) is 0 Å². The topological polar surface area (TPSA) is 20.3 Å². The Hall–Kier alpha value is -1.31. The minimum Gasteiger partial charge on any atom is -0.371 e. The van der Waals surface area contributed by atoms with Crippen LogP contribution < -0.4 is 4.90 Å². The van der Waals surface area contributed by atoms with Crippen molar-refractivity contribution in [2.45, 2.75) is 26.2 Å². The molecule has 0 saturated carbocycles. The third kappa shape index (κ3) is 2.38. The third-order valence-electron chi connectivity index (χ3n) is 3.01. The number of anilines is 1. The van der Waals surface area contributed by atoms with Crippen LogP contribution in [-0.2, 0) is 11.2 Å². The Morgan fingerprint density at radius 2 is 2.00 bits per heavy atom. The second kappa shape index (κ2) is 4.47. The lowest BCUT2D eigenvalue weighted by Crippen LogP contribution is -2.33. The van der Waals surface area contributed by atoms with Crippen molar-refractivity contribution in [2.75, 3.05) is 18.0 Å². The summed E-state index contributed by atoms with van der Waals surface area (Å²) in [6.45, 7) is 3.93. The van der Waals surface area contributed by atoms with Gasteiger partial charge in [-0.1, -0.05) is 19.1 Å². The zero-order valence-corrected chi connectivity index (χ0v) is 9.20. The maximum Gasteiger partial charge on any atom is 0.136 e. The maximum absolute atomic E-state index is 11.1. The summed E-state index contributed by atoms with van der Waals surface area (Å²) >= 11 is 0. The summed E-state index contributed by atoms with van der Waals surface area (Å²) in [6.07, 6.45) is 2.48. The molecule has 80 valence electrons. The first kappa shape index (κ1) is 10.2. The van der Waals surface area contributed by atoms with E-state index in [2.05, 4.69) is 36.1 Å². The first-order valence-corrected chi connectivity index (χ1v) is 5.65. The molecule has 2 nitrogen and oxygen atoms in total. The van der Waals surface area contributed by atoms with Crippen LogP contribution in [0, 0.1) is 0 Å². The molecule has 1 heterocycles. The number of ketones is 1. The molecular formula is C13H17NO. The molecule has 0 N–H and O–H groups in total. The van der Waals surface area contributed by atoms with Crippen molar-refractivity contribution in [3.63, 3.8) is 0 Å². The molecule has 1 aliphatic heterocycles. The standard InChI is InChI=1S/C13H17NO/c1-2-11-4-3-5-12(10-11)14-8-6-13(15)7-9-14/h3-5,10H,2,6-9H2,1H3. The number of carbonyl (C=O) groups is 1. The fourth-order valence-corrected chi connectivity index (χ4v) is 1.99. The van der Waals surface area contributed by atoms with Crippen molar-refractivity contribution in [2.24, 2.45) is 0 Å². The van der Waals surface area contributed by atoms with E-state index in [-0.39, 0.29) is 0 Å². The molecule has 0 unspecified atom stereocenters. The molecule has 2 heteroatoms. The van der Waals surface area contributed by atoms with Crippen LogP contribution in [0.1, 0.15) is 25.3 Å². The number of benzene rings is 1. The first-order chi connectivity index (χ1) is 7.29. The van der Waals surface area contributed by atoms with E-state index in [0.29, 0.717) is 18.6 Å². The predicted octanol–water partition coefficient (Wildman–Crippen LogP) is 2.42. The Kier molecular flexibility index (Phi) is 3.05. The van der Waals surface area contributed by atoms with Gasteiger partial charge in [0.1, 0.15) is 5.78 Å². The molecule has 2 rings (SSSR count). The lowest BCUT2D eigenvalue weighted by Gasteiger charge is -2.28. The first-order valence-electron chi connectivity index (χ1n) is 5.65. The quantitative estimate of drug-likeness (QED) is 0.735. The number of carbonyl (C=O) groups excluding carboxylic acids is 1. The van der Waals surface area contributed by atoms with Crippen LogP contribution >= 0.6 is 0 Å². The summed E-state index contributed by atoms with van der Waals surface area (Å²) in [5.41, 5.74) is 2.63. The molecular weight excluding hydrogens is 186 g/mol. The molecule has 1 aromatic rings. The van der Waals surface area contributed by atoms with Gasteiger partial charge in [-0.05, 0) is 24.1 Å². The van der Waals surface area contributed by atoms with Crippen molar-refractivity contribution < 1.29 is 4.79 Å². The highest BCUT2D eigenvalue weighted by molar-refractivity contribution is 5.81. The number of piperidine rings is 1. The molecule has 0 bridgehead atoms. The molecule has 1 aliphatic rings. The Morgan fingerprint density at radius 3 is 2.67 bits per heavy atom. The average molecular weight is 203 g/mol. The molecule has 0 radical (unpaired) electrons. The van der Waals surface area contributed by atoms with E-state index in [1.807, 2.05) is 0 Å². The Morgan fingerprint density at radius 1 is 1.27 bits per heavy atom. The van der Waals surface area contributed by atoms with Gasteiger partial charge in [0.15, 0.2) is 0 Å². The average Bonchev–Trinajstić information content (AvgIpc) is 2.30. The number of Topliss-reactive ketones (excluding diaryl/α,β-unsaturated/α-hetero) is 1. The molecule has 0 spiro atoms. The van der Waals surface area contributed by atoms with E-state index in [1.54, 1.807) is 0 Å². The summed E-state index contributed by atoms with van der Waals surface area (Å²) in [5, 5.41) is 0. The van der Waals surface area contributed by atoms with Gasteiger partial charge in [0.2, 0.25) is 0 Å². The molecule has 0 amide bonds. The van der Waals surface area contributed by atoms with Crippen LogP contribution in [0.3, 0.4) is 0 Å². The summed E-state index contributed by atoms with van der Waals surface area (Å²) < 4.78 is 0. The van der Waals surface area contributed by atoms with E-state index in [1.165, 1.54) is 11.3 Å². The molecule has 1 aromatic carbocycles.